The van der Waals surface area contributed by atoms with Crippen molar-refractivity contribution in [2.75, 3.05) is 23.9 Å². The number of nitrogens with zero attached hydrogens (tertiary/aromatic N) is 1. The summed E-state index contributed by atoms with van der Waals surface area (Å²) in [5.41, 5.74) is 1.65. The van der Waals surface area contributed by atoms with E-state index in [2.05, 4.69) is 29.5 Å². The number of aromatic nitrogens is 1. The zero-order valence-electron chi connectivity index (χ0n) is 12.4. The number of carbonyl (C=O) groups excluding carboxylic acids is 1. The van der Waals surface area contributed by atoms with Crippen LogP contribution in [0.3, 0.4) is 0 Å². The smallest absolute Gasteiger partial charge is 0.251 e. The van der Waals surface area contributed by atoms with Crippen molar-refractivity contribution in [3.05, 3.63) is 23.4 Å². The quantitative estimate of drug-likeness (QED) is 0.896. The molecule has 1 aromatic heterocycles. The van der Waals surface area contributed by atoms with E-state index in [0.29, 0.717) is 17.5 Å². The third-order valence-corrected chi connectivity index (χ3v) is 4.56. The highest BCUT2D eigenvalue weighted by atomic mass is 32.2. The zero-order chi connectivity index (χ0) is 14.5. The first-order chi connectivity index (χ1) is 9.60. The maximum absolute atomic E-state index is 12.4. The third-order valence-electron chi connectivity index (χ3n) is 3.51. The lowest BCUT2D eigenvalue weighted by Gasteiger charge is -2.22. The van der Waals surface area contributed by atoms with Gasteiger partial charge < -0.3 is 10.6 Å². The molecule has 0 bridgehead atoms. The van der Waals surface area contributed by atoms with Gasteiger partial charge in [0, 0.05) is 24.3 Å². The Balaban J connectivity index is 2.13. The van der Waals surface area contributed by atoms with Crippen LogP contribution >= 0.6 is 11.8 Å². The predicted octanol–water partition coefficient (Wildman–Crippen LogP) is 2.87. The molecule has 2 heterocycles. The second kappa shape index (κ2) is 6.97. The fourth-order valence-corrected chi connectivity index (χ4v) is 3.32. The molecule has 1 aliphatic heterocycles. The minimum atomic E-state index is 0.0164. The number of anilines is 1. The van der Waals surface area contributed by atoms with Crippen molar-refractivity contribution in [2.24, 2.45) is 0 Å². The highest BCUT2D eigenvalue weighted by Gasteiger charge is 2.18. The Bertz CT molecular complexity index is 470. The molecule has 0 unspecified atom stereocenters. The number of thioether (sulfide) groups is 1. The van der Waals surface area contributed by atoms with Crippen molar-refractivity contribution >= 4 is 23.5 Å². The van der Waals surface area contributed by atoms with Gasteiger partial charge in [0.05, 0.1) is 0 Å². The van der Waals surface area contributed by atoms with Crippen molar-refractivity contribution < 1.29 is 4.79 Å². The van der Waals surface area contributed by atoms with Gasteiger partial charge in [0.15, 0.2) is 0 Å². The predicted molar refractivity (Wildman–Crippen MR) is 85.7 cm³/mol. The van der Waals surface area contributed by atoms with Gasteiger partial charge >= 0.3 is 0 Å². The van der Waals surface area contributed by atoms with E-state index in [1.54, 1.807) is 0 Å². The van der Waals surface area contributed by atoms with Gasteiger partial charge in [0.1, 0.15) is 5.82 Å². The van der Waals surface area contributed by atoms with E-state index in [4.69, 9.17) is 0 Å². The highest BCUT2D eigenvalue weighted by molar-refractivity contribution is 7.99. The summed E-state index contributed by atoms with van der Waals surface area (Å²) in [5, 5.41) is 6.17. The molecule has 0 saturated carbocycles. The van der Waals surface area contributed by atoms with Crippen LogP contribution < -0.4 is 10.6 Å². The van der Waals surface area contributed by atoms with Crippen molar-refractivity contribution in [1.82, 2.24) is 10.3 Å². The standard InChI is InChI=1S/C15H23N3OS/c1-10(2)13-8-11(9-14(16-3)18-13)15(19)17-12-4-6-20-7-5-12/h8-10,12H,4-7H2,1-3H3,(H,16,18)(H,17,19). The molecule has 2 rings (SSSR count). The summed E-state index contributed by atoms with van der Waals surface area (Å²) < 4.78 is 0. The Morgan fingerprint density at radius 2 is 2.05 bits per heavy atom. The van der Waals surface area contributed by atoms with Gasteiger partial charge in [-0.1, -0.05) is 13.8 Å². The van der Waals surface area contributed by atoms with Crippen LogP contribution in [0.4, 0.5) is 5.82 Å². The van der Waals surface area contributed by atoms with Gasteiger partial charge in [-0.05, 0) is 42.4 Å². The highest BCUT2D eigenvalue weighted by Crippen LogP contribution is 2.20. The molecule has 0 spiro atoms. The maximum atomic E-state index is 12.4. The summed E-state index contributed by atoms with van der Waals surface area (Å²) in [4.78, 5) is 16.9. The van der Waals surface area contributed by atoms with E-state index >= 15 is 0 Å². The number of rotatable bonds is 4. The fraction of sp³-hybridized carbons (Fsp3) is 0.600. The topological polar surface area (TPSA) is 54.0 Å². The van der Waals surface area contributed by atoms with Gasteiger partial charge in [-0.3, -0.25) is 4.79 Å². The summed E-state index contributed by atoms with van der Waals surface area (Å²) in [6.07, 6.45) is 2.13. The molecule has 1 fully saturated rings. The van der Waals surface area contributed by atoms with Crippen molar-refractivity contribution in [3.63, 3.8) is 0 Å². The van der Waals surface area contributed by atoms with Crippen molar-refractivity contribution in [1.29, 1.82) is 0 Å². The normalized spacial score (nSPS) is 16.2. The van der Waals surface area contributed by atoms with E-state index in [1.165, 1.54) is 0 Å². The molecule has 1 aliphatic rings. The monoisotopic (exact) mass is 293 g/mol. The van der Waals surface area contributed by atoms with Gasteiger partial charge in [-0.2, -0.15) is 11.8 Å². The van der Waals surface area contributed by atoms with Gasteiger partial charge in [0.2, 0.25) is 0 Å². The molecular formula is C15H23N3OS. The van der Waals surface area contributed by atoms with Crippen molar-refractivity contribution in [3.8, 4) is 0 Å². The lowest BCUT2D eigenvalue weighted by atomic mass is 10.1. The minimum absolute atomic E-state index is 0.0164. The van der Waals surface area contributed by atoms with Gasteiger partial charge in [-0.15, -0.1) is 0 Å². The first-order valence-electron chi connectivity index (χ1n) is 7.18. The lowest BCUT2D eigenvalue weighted by Crippen LogP contribution is -2.37. The van der Waals surface area contributed by atoms with Gasteiger partial charge in [0.25, 0.3) is 5.91 Å². The lowest BCUT2D eigenvalue weighted by molar-refractivity contribution is 0.0934. The molecule has 0 aliphatic carbocycles. The zero-order valence-corrected chi connectivity index (χ0v) is 13.2. The summed E-state index contributed by atoms with van der Waals surface area (Å²) in [5.74, 6) is 3.35. The Morgan fingerprint density at radius 3 is 2.65 bits per heavy atom. The summed E-state index contributed by atoms with van der Waals surface area (Å²) in [6, 6.07) is 4.04. The van der Waals surface area contributed by atoms with E-state index in [-0.39, 0.29) is 5.91 Å². The van der Waals surface area contributed by atoms with Crippen LogP contribution in [0.15, 0.2) is 12.1 Å². The first kappa shape index (κ1) is 15.2. The summed E-state index contributed by atoms with van der Waals surface area (Å²) in [7, 11) is 1.83. The first-order valence-corrected chi connectivity index (χ1v) is 8.34. The molecular weight excluding hydrogens is 270 g/mol. The Hall–Kier alpha value is -1.23. The molecule has 2 N–H and O–H groups in total. The molecule has 4 nitrogen and oxygen atoms in total. The molecule has 5 heteroatoms. The Kier molecular flexibility index (Phi) is 5.29. The van der Waals surface area contributed by atoms with Crippen LogP contribution in [0.2, 0.25) is 0 Å². The van der Waals surface area contributed by atoms with Crippen LogP contribution in [0.25, 0.3) is 0 Å². The van der Waals surface area contributed by atoms with Crippen LogP contribution in [0.1, 0.15) is 48.7 Å². The van der Waals surface area contributed by atoms with Crippen molar-refractivity contribution in [2.45, 2.75) is 38.6 Å². The SMILES string of the molecule is CNc1cc(C(=O)NC2CCSCC2)cc(C(C)C)n1. The Morgan fingerprint density at radius 1 is 1.35 bits per heavy atom. The molecule has 0 radical (unpaired) electrons. The molecule has 1 amide bonds. The molecule has 0 aromatic carbocycles. The second-order valence-electron chi connectivity index (χ2n) is 5.43. The number of nitrogens with one attached hydrogen (secondary N) is 2. The molecule has 110 valence electrons. The molecule has 0 atom stereocenters. The number of hydrogen-bond acceptors (Lipinski definition) is 4. The number of amides is 1. The van der Waals surface area contributed by atoms with Crippen LogP contribution in [-0.4, -0.2) is 35.5 Å². The number of pyridine rings is 1. The van der Waals surface area contributed by atoms with E-state index in [9.17, 15) is 4.79 Å². The molecule has 20 heavy (non-hydrogen) atoms. The summed E-state index contributed by atoms with van der Waals surface area (Å²) in [6.45, 7) is 4.17. The average Bonchev–Trinajstić information content (AvgIpc) is 2.47. The minimum Gasteiger partial charge on any atom is -0.373 e. The van der Waals surface area contributed by atoms with E-state index < -0.39 is 0 Å². The van der Waals surface area contributed by atoms with Gasteiger partial charge in [-0.25, -0.2) is 4.98 Å². The Labute approximate surface area is 125 Å². The van der Waals surface area contributed by atoms with E-state index in [1.807, 2.05) is 30.9 Å². The number of hydrogen-bond donors (Lipinski definition) is 2. The largest absolute Gasteiger partial charge is 0.373 e. The van der Waals surface area contributed by atoms with Crippen LogP contribution in [0.5, 0.6) is 0 Å². The number of carbonyl (C=O) groups is 1. The fourth-order valence-electron chi connectivity index (χ4n) is 2.22. The van der Waals surface area contributed by atoms with E-state index in [0.717, 1.165) is 35.9 Å². The molecule has 1 aromatic rings. The maximum Gasteiger partial charge on any atom is 0.251 e. The third kappa shape index (κ3) is 3.88. The van der Waals surface area contributed by atoms with Crippen LogP contribution in [0, 0.1) is 0 Å². The second-order valence-corrected chi connectivity index (χ2v) is 6.66. The average molecular weight is 293 g/mol. The molecule has 1 saturated heterocycles. The summed E-state index contributed by atoms with van der Waals surface area (Å²) >= 11 is 1.96. The van der Waals surface area contributed by atoms with Crippen LogP contribution in [-0.2, 0) is 0 Å².